The maximum atomic E-state index is 12.3. The van der Waals surface area contributed by atoms with Gasteiger partial charge < -0.3 is 4.74 Å². The Morgan fingerprint density at radius 2 is 2.00 bits per heavy atom. The summed E-state index contributed by atoms with van der Waals surface area (Å²) in [6.07, 6.45) is 0. The molecule has 0 saturated carbocycles. The highest BCUT2D eigenvalue weighted by atomic mass is 127. The Hall–Kier alpha value is -1.63. The van der Waals surface area contributed by atoms with E-state index in [0.29, 0.717) is 23.4 Å². The minimum Gasteiger partial charge on any atom is -0.462 e. The average Bonchev–Trinajstić information content (AvgIpc) is 2.38. The first-order chi connectivity index (χ1) is 9.95. The normalized spacial score (nSPS) is 10.5. The molecule has 0 unspecified atom stereocenters. The Labute approximate surface area is 136 Å². The molecule has 110 valence electrons. The zero-order valence-corrected chi connectivity index (χ0v) is 14.3. The topological polar surface area (TPSA) is 48.3 Å². The molecule has 0 atom stereocenters. The molecule has 0 spiro atoms. The van der Waals surface area contributed by atoms with E-state index in [4.69, 9.17) is 4.74 Å². The second-order valence-electron chi connectivity index (χ2n) is 4.66. The molecule has 0 aliphatic rings. The molecule has 1 aromatic carbocycles. The second-order valence-corrected chi connectivity index (χ2v) is 5.91. The summed E-state index contributed by atoms with van der Waals surface area (Å²) in [4.78, 5) is 24.4. The van der Waals surface area contributed by atoms with Gasteiger partial charge in [-0.25, -0.2) is 4.79 Å². The number of pyridine rings is 1. The minimum absolute atomic E-state index is 0.153. The number of esters is 1. The van der Waals surface area contributed by atoms with Crippen molar-refractivity contribution in [1.29, 1.82) is 0 Å². The van der Waals surface area contributed by atoms with Gasteiger partial charge in [0.05, 0.1) is 12.2 Å². The van der Waals surface area contributed by atoms with Crippen molar-refractivity contribution in [3.05, 3.63) is 61.1 Å². The van der Waals surface area contributed by atoms with Crippen molar-refractivity contribution in [1.82, 2.24) is 4.57 Å². The summed E-state index contributed by atoms with van der Waals surface area (Å²) in [7, 11) is 0. The number of benzene rings is 1. The zero-order chi connectivity index (χ0) is 15.6. The number of carbonyl (C=O) groups excluding carboxylic acids is 1. The van der Waals surface area contributed by atoms with Gasteiger partial charge in [0.1, 0.15) is 0 Å². The number of nitrogens with zero attached hydrogens (tertiary/aromatic N) is 1. The molecule has 21 heavy (non-hydrogen) atoms. The van der Waals surface area contributed by atoms with Crippen LogP contribution in [0.25, 0.3) is 5.69 Å². The van der Waals surface area contributed by atoms with Gasteiger partial charge in [0.2, 0.25) is 0 Å². The van der Waals surface area contributed by atoms with E-state index in [1.54, 1.807) is 25.3 Å². The first kappa shape index (κ1) is 15.8. The Morgan fingerprint density at radius 1 is 1.29 bits per heavy atom. The third-order valence-electron chi connectivity index (χ3n) is 3.20. The SMILES string of the molecule is CCOC(=O)c1c(C)cc(=O)n(-c2cccc(I)c2)c1C. The fourth-order valence-electron chi connectivity index (χ4n) is 2.33. The van der Waals surface area contributed by atoms with Gasteiger partial charge in [0.25, 0.3) is 5.56 Å². The summed E-state index contributed by atoms with van der Waals surface area (Å²) in [5.41, 5.74) is 2.28. The van der Waals surface area contributed by atoms with Crippen LogP contribution in [-0.4, -0.2) is 17.1 Å². The van der Waals surface area contributed by atoms with Crippen molar-refractivity contribution in [2.75, 3.05) is 6.61 Å². The Bertz CT molecular complexity index is 750. The van der Waals surface area contributed by atoms with Crippen molar-refractivity contribution in [2.45, 2.75) is 20.8 Å². The van der Waals surface area contributed by atoms with Crippen LogP contribution in [0.2, 0.25) is 0 Å². The predicted molar refractivity (Wildman–Crippen MR) is 90.2 cm³/mol. The monoisotopic (exact) mass is 397 g/mol. The average molecular weight is 397 g/mol. The van der Waals surface area contributed by atoms with E-state index in [9.17, 15) is 9.59 Å². The number of rotatable bonds is 3. The van der Waals surface area contributed by atoms with Crippen molar-refractivity contribution in [2.24, 2.45) is 0 Å². The van der Waals surface area contributed by atoms with E-state index in [1.165, 1.54) is 6.07 Å². The molecule has 0 radical (unpaired) electrons. The summed E-state index contributed by atoms with van der Waals surface area (Å²) >= 11 is 2.19. The third-order valence-corrected chi connectivity index (χ3v) is 3.87. The molecule has 5 heteroatoms. The maximum absolute atomic E-state index is 12.3. The van der Waals surface area contributed by atoms with E-state index in [0.717, 1.165) is 9.26 Å². The molecular formula is C16H16INO3. The van der Waals surface area contributed by atoms with E-state index >= 15 is 0 Å². The zero-order valence-electron chi connectivity index (χ0n) is 12.1. The van der Waals surface area contributed by atoms with Crippen molar-refractivity contribution in [3.8, 4) is 5.69 Å². The predicted octanol–water partition coefficient (Wildman–Crippen LogP) is 3.24. The van der Waals surface area contributed by atoms with Gasteiger partial charge in [-0.1, -0.05) is 6.07 Å². The minimum atomic E-state index is -0.396. The van der Waals surface area contributed by atoms with Gasteiger partial charge in [-0.3, -0.25) is 9.36 Å². The molecule has 1 heterocycles. The number of aryl methyl sites for hydroxylation is 1. The third kappa shape index (κ3) is 3.18. The number of carbonyl (C=O) groups is 1. The Morgan fingerprint density at radius 3 is 2.62 bits per heavy atom. The van der Waals surface area contributed by atoms with Crippen molar-refractivity contribution in [3.63, 3.8) is 0 Å². The molecule has 0 aliphatic heterocycles. The van der Waals surface area contributed by atoms with Crippen LogP contribution in [0.1, 0.15) is 28.5 Å². The molecule has 0 amide bonds. The first-order valence-electron chi connectivity index (χ1n) is 6.62. The van der Waals surface area contributed by atoms with Crippen LogP contribution in [0.5, 0.6) is 0 Å². The van der Waals surface area contributed by atoms with Crippen LogP contribution in [0, 0.1) is 17.4 Å². The van der Waals surface area contributed by atoms with Gasteiger partial charge in [0.15, 0.2) is 0 Å². The van der Waals surface area contributed by atoms with Gasteiger partial charge in [0, 0.05) is 21.0 Å². The van der Waals surface area contributed by atoms with E-state index < -0.39 is 5.97 Å². The summed E-state index contributed by atoms with van der Waals surface area (Å²) in [6.45, 7) is 5.58. The molecule has 4 nitrogen and oxygen atoms in total. The van der Waals surface area contributed by atoms with Crippen LogP contribution >= 0.6 is 22.6 Å². The summed E-state index contributed by atoms with van der Waals surface area (Å²) < 4.78 is 7.65. The summed E-state index contributed by atoms with van der Waals surface area (Å²) in [6, 6.07) is 9.05. The molecule has 0 fully saturated rings. The number of hydrogen-bond donors (Lipinski definition) is 0. The van der Waals surface area contributed by atoms with Crippen LogP contribution in [-0.2, 0) is 4.74 Å². The molecule has 2 rings (SSSR count). The number of ether oxygens (including phenoxy) is 1. The lowest BCUT2D eigenvalue weighted by atomic mass is 10.1. The van der Waals surface area contributed by atoms with Crippen molar-refractivity contribution >= 4 is 28.6 Å². The maximum Gasteiger partial charge on any atom is 0.340 e. The fourth-order valence-corrected chi connectivity index (χ4v) is 2.86. The molecule has 1 aromatic heterocycles. The van der Waals surface area contributed by atoms with Gasteiger partial charge in [-0.2, -0.15) is 0 Å². The highest BCUT2D eigenvalue weighted by Gasteiger charge is 2.18. The molecule has 2 aromatic rings. The molecule has 0 aliphatic carbocycles. The lowest BCUT2D eigenvalue weighted by Gasteiger charge is -2.15. The van der Waals surface area contributed by atoms with E-state index in [1.807, 2.05) is 24.3 Å². The largest absolute Gasteiger partial charge is 0.462 e. The quantitative estimate of drug-likeness (QED) is 0.590. The first-order valence-corrected chi connectivity index (χ1v) is 7.70. The lowest BCUT2D eigenvalue weighted by molar-refractivity contribution is 0.0523. The standard InChI is InChI=1S/C16H16INO3/c1-4-21-16(20)15-10(2)8-14(19)18(11(15)3)13-7-5-6-12(17)9-13/h5-9H,4H2,1-3H3. The lowest BCUT2D eigenvalue weighted by Crippen LogP contribution is -2.24. The van der Waals surface area contributed by atoms with Crippen molar-refractivity contribution < 1.29 is 9.53 Å². The number of halogens is 1. The molecule has 0 saturated heterocycles. The van der Waals surface area contributed by atoms with E-state index in [-0.39, 0.29) is 5.56 Å². The van der Waals surface area contributed by atoms with Gasteiger partial charge >= 0.3 is 5.97 Å². The number of hydrogen-bond acceptors (Lipinski definition) is 3. The number of aromatic nitrogens is 1. The highest BCUT2D eigenvalue weighted by Crippen LogP contribution is 2.18. The van der Waals surface area contributed by atoms with Crippen LogP contribution in [0.4, 0.5) is 0 Å². The van der Waals surface area contributed by atoms with Crippen LogP contribution < -0.4 is 5.56 Å². The molecule has 0 bridgehead atoms. The molecular weight excluding hydrogens is 381 g/mol. The Kier molecular flexibility index (Phi) is 4.82. The second kappa shape index (κ2) is 6.43. The fraction of sp³-hybridized carbons (Fsp3) is 0.250. The van der Waals surface area contributed by atoms with Gasteiger partial charge in [-0.05, 0) is 67.1 Å². The smallest absolute Gasteiger partial charge is 0.340 e. The highest BCUT2D eigenvalue weighted by molar-refractivity contribution is 14.1. The van der Waals surface area contributed by atoms with Crippen LogP contribution in [0.3, 0.4) is 0 Å². The Balaban J connectivity index is 2.70. The van der Waals surface area contributed by atoms with Crippen LogP contribution in [0.15, 0.2) is 35.1 Å². The summed E-state index contributed by atoms with van der Waals surface area (Å²) in [5, 5.41) is 0. The summed E-state index contributed by atoms with van der Waals surface area (Å²) in [5.74, 6) is -0.396. The molecule has 0 N–H and O–H groups in total. The van der Waals surface area contributed by atoms with Gasteiger partial charge in [-0.15, -0.1) is 0 Å². The van der Waals surface area contributed by atoms with E-state index in [2.05, 4.69) is 22.6 Å².